The summed E-state index contributed by atoms with van der Waals surface area (Å²) in [7, 11) is 1.73. The summed E-state index contributed by atoms with van der Waals surface area (Å²) in [4.78, 5) is 16.7. The molecule has 0 radical (unpaired) electrons. The Morgan fingerprint density at radius 1 is 1.33 bits per heavy atom. The lowest BCUT2D eigenvalue weighted by atomic mass is 10.0. The van der Waals surface area contributed by atoms with E-state index in [0.717, 1.165) is 58.5 Å². The van der Waals surface area contributed by atoms with Gasteiger partial charge in [0.1, 0.15) is 0 Å². The molecular weight excluding hydrogens is 290 g/mol. The predicted molar refractivity (Wildman–Crippen MR) is 88.9 cm³/mol. The zero-order valence-corrected chi connectivity index (χ0v) is 14.5. The lowest BCUT2D eigenvalue weighted by Gasteiger charge is -2.42. The first kappa shape index (κ1) is 20.6. The van der Waals surface area contributed by atoms with E-state index in [0.29, 0.717) is 6.04 Å². The van der Waals surface area contributed by atoms with Gasteiger partial charge in [0, 0.05) is 39.3 Å². The van der Waals surface area contributed by atoms with Gasteiger partial charge < -0.3 is 15.4 Å². The molecule has 1 rings (SSSR count). The van der Waals surface area contributed by atoms with E-state index in [1.807, 2.05) is 4.90 Å². The Hall–Kier alpha value is -0.360. The maximum atomic E-state index is 12.3. The molecule has 2 N–H and O–H groups in total. The third-order valence-corrected chi connectivity index (χ3v) is 4.04. The minimum atomic E-state index is -0.326. The number of rotatable bonds is 8. The van der Waals surface area contributed by atoms with Crippen molar-refractivity contribution in [3.05, 3.63) is 0 Å². The fraction of sp³-hybridized carbons (Fsp3) is 0.933. The molecule has 0 saturated carbocycles. The van der Waals surface area contributed by atoms with Crippen LogP contribution >= 0.6 is 12.4 Å². The first-order valence-corrected chi connectivity index (χ1v) is 7.91. The van der Waals surface area contributed by atoms with Crippen molar-refractivity contribution < 1.29 is 9.53 Å². The van der Waals surface area contributed by atoms with Crippen LogP contribution < -0.4 is 5.73 Å². The van der Waals surface area contributed by atoms with Gasteiger partial charge >= 0.3 is 0 Å². The molecule has 0 aliphatic carbocycles. The van der Waals surface area contributed by atoms with Gasteiger partial charge in [0.05, 0.1) is 12.6 Å². The van der Waals surface area contributed by atoms with Crippen LogP contribution in [0.2, 0.25) is 0 Å². The molecule has 126 valence electrons. The molecule has 0 aromatic heterocycles. The number of hydrogen-bond donors (Lipinski definition) is 1. The van der Waals surface area contributed by atoms with Crippen LogP contribution in [0.5, 0.6) is 0 Å². The summed E-state index contributed by atoms with van der Waals surface area (Å²) in [5.74, 6) is 0.124. The minimum Gasteiger partial charge on any atom is -0.383 e. The van der Waals surface area contributed by atoms with Gasteiger partial charge in [-0.2, -0.15) is 0 Å². The van der Waals surface area contributed by atoms with Gasteiger partial charge in [-0.05, 0) is 12.8 Å². The molecule has 1 heterocycles. The van der Waals surface area contributed by atoms with Crippen molar-refractivity contribution in [2.45, 2.75) is 51.6 Å². The third-order valence-electron chi connectivity index (χ3n) is 4.04. The van der Waals surface area contributed by atoms with E-state index in [4.69, 9.17) is 10.5 Å². The number of piperazine rings is 1. The highest BCUT2D eigenvalue weighted by atomic mass is 35.5. The second-order valence-electron chi connectivity index (χ2n) is 5.65. The Bertz CT molecular complexity index is 292. The van der Waals surface area contributed by atoms with Crippen LogP contribution in [0, 0.1) is 0 Å². The lowest BCUT2D eigenvalue weighted by Crippen LogP contribution is -2.58. The molecule has 1 aliphatic rings. The summed E-state index contributed by atoms with van der Waals surface area (Å²) in [5.41, 5.74) is 5.97. The predicted octanol–water partition coefficient (Wildman–Crippen LogP) is 1.49. The van der Waals surface area contributed by atoms with Gasteiger partial charge in [-0.15, -0.1) is 12.4 Å². The van der Waals surface area contributed by atoms with Crippen LogP contribution in [0.1, 0.15) is 39.5 Å². The van der Waals surface area contributed by atoms with Crippen molar-refractivity contribution in [3.8, 4) is 0 Å². The van der Waals surface area contributed by atoms with Crippen LogP contribution in [0.3, 0.4) is 0 Å². The first-order valence-electron chi connectivity index (χ1n) is 7.91. The Balaban J connectivity index is 0.00000400. The van der Waals surface area contributed by atoms with Gasteiger partial charge in [-0.3, -0.25) is 9.69 Å². The Morgan fingerprint density at radius 3 is 2.62 bits per heavy atom. The number of nitrogens with zero attached hydrogens (tertiary/aromatic N) is 2. The molecule has 2 atom stereocenters. The molecule has 1 amide bonds. The zero-order valence-electron chi connectivity index (χ0n) is 13.7. The van der Waals surface area contributed by atoms with Crippen molar-refractivity contribution in [1.29, 1.82) is 0 Å². The molecule has 21 heavy (non-hydrogen) atoms. The molecule has 0 spiro atoms. The van der Waals surface area contributed by atoms with Crippen molar-refractivity contribution in [3.63, 3.8) is 0 Å². The lowest BCUT2D eigenvalue weighted by molar-refractivity contribution is -0.136. The summed E-state index contributed by atoms with van der Waals surface area (Å²) < 4.78 is 5.17. The van der Waals surface area contributed by atoms with E-state index < -0.39 is 0 Å². The number of carbonyl (C=O) groups is 1. The molecule has 1 fully saturated rings. The summed E-state index contributed by atoms with van der Waals surface area (Å²) in [6.45, 7) is 8.49. The monoisotopic (exact) mass is 321 g/mol. The molecule has 0 aromatic carbocycles. The van der Waals surface area contributed by atoms with Gasteiger partial charge in [0.2, 0.25) is 5.91 Å². The van der Waals surface area contributed by atoms with E-state index in [1.165, 1.54) is 0 Å². The first-order chi connectivity index (χ1) is 9.63. The quantitative estimate of drug-likeness (QED) is 0.736. The Morgan fingerprint density at radius 2 is 2.05 bits per heavy atom. The van der Waals surface area contributed by atoms with Gasteiger partial charge in [0.15, 0.2) is 0 Å². The van der Waals surface area contributed by atoms with Gasteiger partial charge in [-0.25, -0.2) is 0 Å². The molecule has 6 heteroatoms. The molecule has 0 bridgehead atoms. The minimum absolute atomic E-state index is 0. The molecule has 1 saturated heterocycles. The normalized spacial score (nSPS) is 21.0. The SMILES string of the molecule is CCCC(N)C(=O)N1CCN(CCOC)C(CCC)C1.Cl. The highest BCUT2D eigenvalue weighted by Gasteiger charge is 2.30. The van der Waals surface area contributed by atoms with Gasteiger partial charge in [-0.1, -0.05) is 26.7 Å². The summed E-state index contributed by atoms with van der Waals surface area (Å²) in [6, 6.07) is 0.120. The standard InChI is InChI=1S/C15H31N3O2.ClH/c1-4-6-13-12-18(15(19)14(16)7-5-2)9-8-17(13)10-11-20-3;/h13-14H,4-12,16H2,1-3H3;1H. The highest BCUT2D eigenvalue weighted by molar-refractivity contribution is 5.85. The Kier molecular flexibility index (Phi) is 11.0. The fourth-order valence-corrected chi connectivity index (χ4v) is 2.87. The van der Waals surface area contributed by atoms with Crippen molar-refractivity contribution in [2.75, 3.05) is 39.9 Å². The molecule has 0 aromatic rings. The van der Waals surface area contributed by atoms with Gasteiger partial charge in [0.25, 0.3) is 0 Å². The average Bonchev–Trinajstić information content (AvgIpc) is 2.45. The molecule has 2 unspecified atom stereocenters. The van der Waals surface area contributed by atoms with Crippen LogP contribution in [0.25, 0.3) is 0 Å². The zero-order chi connectivity index (χ0) is 15.0. The van der Waals surface area contributed by atoms with Crippen LogP contribution in [0.4, 0.5) is 0 Å². The van der Waals surface area contributed by atoms with Crippen molar-refractivity contribution in [2.24, 2.45) is 5.73 Å². The summed E-state index contributed by atoms with van der Waals surface area (Å²) in [5, 5.41) is 0. The number of carbonyl (C=O) groups excluding carboxylic acids is 1. The maximum Gasteiger partial charge on any atom is 0.239 e. The number of amides is 1. The van der Waals surface area contributed by atoms with Crippen LogP contribution in [0.15, 0.2) is 0 Å². The number of methoxy groups -OCH3 is 1. The van der Waals surface area contributed by atoms with E-state index in [2.05, 4.69) is 18.7 Å². The number of ether oxygens (including phenoxy) is 1. The summed E-state index contributed by atoms with van der Waals surface area (Å²) in [6.07, 6.45) is 3.99. The van der Waals surface area contributed by atoms with Crippen LogP contribution in [-0.4, -0.2) is 67.7 Å². The van der Waals surface area contributed by atoms with E-state index in [-0.39, 0.29) is 24.4 Å². The smallest absolute Gasteiger partial charge is 0.239 e. The van der Waals surface area contributed by atoms with Crippen molar-refractivity contribution >= 4 is 18.3 Å². The van der Waals surface area contributed by atoms with E-state index in [9.17, 15) is 4.79 Å². The van der Waals surface area contributed by atoms with Crippen molar-refractivity contribution in [1.82, 2.24) is 9.80 Å². The van der Waals surface area contributed by atoms with E-state index in [1.54, 1.807) is 7.11 Å². The Labute approximate surface area is 135 Å². The van der Waals surface area contributed by atoms with Crippen LogP contribution in [-0.2, 0) is 9.53 Å². The average molecular weight is 322 g/mol. The number of nitrogens with two attached hydrogens (primary N) is 1. The number of hydrogen-bond acceptors (Lipinski definition) is 4. The fourth-order valence-electron chi connectivity index (χ4n) is 2.87. The second kappa shape index (κ2) is 11.2. The second-order valence-corrected chi connectivity index (χ2v) is 5.65. The molecule has 5 nitrogen and oxygen atoms in total. The summed E-state index contributed by atoms with van der Waals surface area (Å²) >= 11 is 0. The maximum absolute atomic E-state index is 12.3. The molecule has 1 aliphatic heterocycles. The number of halogens is 1. The highest BCUT2D eigenvalue weighted by Crippen LogP contribution is 2.15. The molecular formula is C15H32ClN3O2. The van der Waals surface area contributed by atoms with E-state index >= 15 is 0 Å². The third kappa shape index (κ3) is 6.51. The topological polar surface area (TPSA) is 58.8 Å². The largest absolute Gasteiger partial charge is 0.383 e.